The lowest BCUT2D eigenvalue weighted by Gasteiger charge is -2.32. The number of rotatable bonds is 5. The van der Waals surface area contributed by atoms with Crippen LogP contribution in [0.15, 0.2) is 35.1 Å². The van der Waals surface area contributed by atoms with Crippen molar-refractivity contribution < 1.29 is 4.79 Å². The predicted octanol–water partition coefficient (Wildman–Crippen LogP) is 3.64. The Labute approximate surface area is 172 Å². The number of nitrogens with zero attached hydrogens (tertiary/aromatic N) is 4. The summed E-state index contributed by atoms with van der Waals surface area (Å²) in [5.74, 6) is 2.07. The summed E-state index contributed by atoms with van der Waals surface area (Å²) in [6.45, 7) is 1.52. The molecule has 1 aromatic carbocycles. The summed E-state index contributed by atoms with van der Waals surface area (Å²) in [4.78, 5) is 27.3. The van der Waals surface area contributed by atoms with Gasteiger partial charge in [-0.1, -0.05) is 50.3 Å². The second-order valence-electron chi connectivity index (χ2n) is 8.63. The molecule has 2 heterocycles. The molecule has 156 valence electrons. The Balaban J connectivity index is 1.38. The molecule has 4 rings (SSSR count). The molecule has 2 aliphatic rings. The summed E-state index contributed by atoms with van der Waals surface area (Å²) in [5.41, 5.74) is 0.740. The Morgan fingerprint density at radius 2 is 1.72 bits per heavy atom. The molecule has 6 heteroatoms. The van der Waals surface area contributed by atoms with Crippen LogP contribution in [0.2, 0.25) is 0 Å². The Morgan fingerprint density at radius 3 is 2.41 bits per heavy atom. The molecule has 0 radical (unpaired) electrons. The molecule has 0 spiro atoms. The molecule has 1 aliphatic heterocycles. The number of para-hydroxylation sites is 1. The van der Waals surface area contributed by atoms with Crippen molar-refractivity contribution in [1.29, 1.82) is 0 Å². The average molecular weight is 397 g/mol. The van der Waals surface area contributed by atoms with Crippen LogP contribution in [0.1, 0.15) is 69.5 Å². The van der Waals surface area contributed by atoms with Gasteiger partial charge in [0.2, 0.25) is 5.91 Å². The lowest BCUT2D eigenvalue weighted by atomic mass is 9.86. The molecule has 29 heavy (non-hydrogen) atoms. The van der Waals surface area contributed by atoms with E-state index in [0.29, 0.717) is 12.3 Å². The minimum absolute atomic E-state index is 0.114. The van der Waals surface area contributed by atoms with Gasteiger partial charge in [0.15, 0.2) is 0 Å². The number of benzene rings is 1. The molecule has 0 N–H and O–H groups in total. The molecule has 1 amide bonds. The normalized spacial score (nSPS) is 18.9. The van der Waals surface area contributed by atoms with Gasteiger partial charge in [0.1, 0.15) is 5.82 Å². The highest BCUT2D eigenvalue weighted by atomic mass is 16.2. The van der Waals surface area contributed by atoms with Crippen molar-refractivity contribution in [1.82, 2.24) is 19.2 Å². The van der Waals surface area contributed by atoms with Gasteiger partial charge in [-0.15, -0.1) is 0 Å². The number of aryl methyl sites for hydroxylation is 1. The van der Waals surface area contributed by atoms with Gasteiger partial charge in [0.25, 0.3) is 0 Å². The van der Waals surface area contributed by atoms with Gasteiger partial charge in [-0.25, -0.2) is 14.0 Å². The van der Waals surface area contributed by atoms with Crippen molar-refractivity contribution in [2.24, 2.45) is 13.0 Å². The zero-order valence-corrected chi connectivity index (χ0v) is 17.4. The van der Waals surface area contributed by atoms with E-state index >= 15 is 0 Å². The molecule has 0 unspecified atom stereocenters. The number of carbonyl (C=O) groups excluding carboxylic acids is 1. The van der Waals surface area contributed by atoms with E-state index in [2.05, 4.69) is 5.10 Å². The van der Waals surface area contributed by atoms with Gasteiger partial charge in [-0.05, 0) is 37.3 Å². The molecule has 2 fully saturated rings. The van der Waals surface area contributed by atoms with Crippen LogP contribution in [0.4, 0.5) is 0 Å². The van der Waals surface area contributed by atoms with Crippen LogP contribution < -0.4 is 5.69 Å². The van der Waals surface area contributed by atoms with Crippen molar-refractivity contribution in [2.45, 2.75) is 63.7 Å². The number of amides is 1. The van der Waals surface area contributed by atoms with Gasteiger partial charge < -0.3 is 4.90 Å². The highest BCUT2D eigenvalue weighted by molar-refractivity contribution is 5.76. The highest BCUT2D eigenvalue weighted by Gasteiger charge is 2.29. The van der Waals surface area contributed by atoms with Gasteiger partial charge in [-0.3, -0.25) is 4.79 Å². The monoisotopic (exact) mass is 396 g/mol. The summed E-state index contributed by atoms with van der Waals surface area (Å²) in [6, 6.07) is 9.70. The average Bonchev–Trinajstić information content (AvgIpc) is 3.08. The van der Waals surface area contributed by atoms with Crippen LogP contribution in [-0.4, -0.2) is 38.2 Å². The van der Waals surface area contributed by atoms with Crippen LogP contribution in [0, 0.1) is 5.92 Å². The van der Waals surface area contributed by atoms with Crippen LogP contribution >= 0.6 is 0 Å². The summed E-state index contributed by atoms with van der Waals surface area (Å²) in [7, 11) is 1.70. The first-order valence-corrected chi connectivity index (χ1v) is 11.1. The molecule has 1 saturated carbocycles. The van der Waals surface area contributed by atoms with Crippen LogP contribution in [0.25, 0.3) is 5.69 Å². The highest BCUT2D eigenvalue weighted by Crippen LogP contribution is 2.30. The Bertz CT molecular complexity index is 872. The van der Waals surface area contributed by atoms with E-state index in [1.807, 2.05) is 35.2 Å². The van der Waals surface area contributed by atoms with Crippen molar-refractivity contribution in [3.63, 3.8) is 0 Å². The number of piperidine rings is 1. The fourth-order valence-electron chi connectivity index (χ4n) is 4.92. The summed E-state index contributed by atoms with van der Waals surface area (Å²) in [5, 5.41) is 4.54. The number of hydrogen-bond donors (Lipinski definition) is 0. The smallest absolute Gasteiger partial charge is 0.343 e. The van der Waals surface area contributed by atoms with Gasteiger partial charge in [-0.2, -0.15) is 5.10 Å². The first-order valence-electron chi connectivity index (χ1n) is 11.1. The summed E-state index contributed by atoms with van der Waals surface area (Å²) >= 11 is 0. The van der Waals surface area contributed by atoms with Crippen molar-refractivity contribution in [3.05, 3.63) is 46.6 Å². The largest absolute Gasteiger partial charge is 0.350 e. The first kappa shape index (κ1) is 19.9. The van der Waals surface area contributed by atoms with Crippen molar-refractivity contribution in [3.8, 4) is 5.69 Å². The molecule has 2 aromatic rings. The zero-order chi connectivity index (χ0) is 20.2. The third kappa shape index (κ3) is 4.46. The van der Waals surface area contributed by atoms with E-state index in [1.54, 1.807) is 11.6 Å². The molecule has 0 bridgehead atoms. The third-order valence-corrected chi connectivity index (χ3v) is 6.67. The van der Waals surface area contributed by atoms with Crippen LogP contribution in [-0.2, 0) is 11.8 Å². The third-order valence-electron chi connectivity index (χ3n) is 6.67. The second kappa shape index (κ2) is 8.97. The SMILES string of the molecule is Cn1nc(C2CCN(C(=O)CCC3CCCCC3)CC2)n(-c2ccccc2)c1=O. The van der Waals surface area contributed by atoms with E-state index in [-0.39, 0.29) is 11.6 Å². The summed E-state index contributed by atoms with van der Waals surface area (Å²) < 4.78 is 3.15. The van der Waals surface area contributed by atoms with E-state index in [1.165, 1.54) is 36.8 Å². The Hall–Kier alpha value is -2.37. The molecular weight excluding hydrogens is 364 g/mol. The maximum atomic E-state index is 12.7. The fourth-order valence-corrected chi connectivity index (χ4v) is 4.92. The lowest BCUT2D eigenvalue weighted by Crippen LogP contribution is -2.38. The van der Waals surface area contributed by atoms with E-state index in [9.17, 15) is 9.59 Å². The molecule has 6 nitrogen and oxygen atoms in total. The number of carbonyl (C=O) groups is 1. The molecule has 1 aromatic heterocycles. The Morgan fingerprint density at radius 1 is 1.03 bits per heavy atom. The van der Waals surface area contributed by atoms with E-state index < -0.39 is 0 Å². The van der Waals surface area contributed by atoms with Gasteiger partial charge >= 0.3 is 5.69 Å². The fraction of sp³-hybridized carbons (Fsp3) is 0.609. The standard InChI is InChI=1S/C23H32N4O2/c1-25-23(29)27(20-10-6-3-7-11-20)22(24-25)19-14-16-26(17-15-19)21(28)13-12-18-8-4-2-5-9-18/h3,6-7,10-11,18-19H,2,4-5,8-9,12-17H2,1H3. The predicted molar refractivity (Wildman–Crippen MR) is 113 cm³/mol. The van der Waals surface area contributed by atoms with E-state index in [4.69, 9.17) is 0 Å². The van der Waals surface area contributed by atoms with Crippen molar-refractivity contribution >= 4 is 5.91 Å². The minimum atomic E-state index is -0.114. The Kier molecular flexibility index (Phi) is 6.16. The maximum Gasteiger partial charge on any atom is 0.350 e. The minimum Gasteiger partial charge on any atom is -0.343 e. The van der Waals surface area contributed by atoms with Crippen molar-refractivity contribution in [2.75, 3.05) is 13.1 Å². The number of aromatic nitrogens is 3. The zero-order valence-electron chi connectivity index (χ0n) is 17.4. The van der Waals surface area contributed by atoms with Gasteiger partial charge in [0, 0.05) is 32.5 Å². The van der Waals surface area contributed by atoms with Crippen LogP contribution in [0.5, 0.6) is 0 Å². The van der Waals surface area contributed by atoms with Gasteiger partial charge in [0.05, 0.1) is 5.69 Å². The summed E-state index contributed by atoms with van der Waals surface area (Å²) in [6.07, 6.45) is 10.1. The maximum absolute atomic E-state index is 12.7. The molecular formula is C23H32N4O2. The molecule has 1 saturated heterocycles. The lowest BCUT2D eigenvalue weighted by molar-refractivity contribution is -0.132. The number of likely N-dealkylation sites (tertiary alicyclic amines) is 1. The first-order chi connectivity index (χ1) is 14.1. The van der Waals surface area contributed by atoms with E-state index in [0.717, 1.165) is 49.8 Å². The van der Waals surface area contributed by atoms with Crippen LogP contribution in [0.3, 0.4) is 0 Å². The quantitative estimate of drug-likeness (QED) is 0.775. The topological polar surface area (TPSA) is 60.1 Å². The molecule has 0 atom stereocenters. The molecule has 1 aliphatic carbocycles. The number of hydrogen-bond acceptors (Lipinski definition) is 3. The second-order valence-corrected chi connectivity index (χ2v) is 8.63.